The summed E-state index contributed by atoms with van der Waals surface area (Å²) in [5, 5.41) is 14.0. The lowest BCUT2D eigenvalue weighted by atomic mass is 10.2. The van der Waals surface area contributed by atoms with Crippen molar-refractivity contribution in [2.75, 3.05) is 23.1 Å². The molecule has 1 amide bonds. The average molecular weight is 514 g/mol. The maximum absolute atomic E-state index is 13.3. The third kappa shape index (κ3) is 7.56. The number of amides is 1. The summed E-state index contributed by atoms with van der Waals surface area (Å²) in [7, 11) is -4.12. The van der Waals surface area contributed by atoms with E-state index in [9.17, 15) is 23.3 Å². The molecular weight excluding hydrogens is 486 g/mol. The zero-order valence-electron chi connectivity index (χ0n) is 19.3. The van der Waals surface area contributed by atoms with Gasteiger partial charge in [-0.1, -0.05) is 54.1 Å². The summed E-state index contributed by atoms with van der Waals surface area (Å²) < 4.78 is 27.5. The van der Waals surface area contributed by atoms with Crippen LogP contribution in [0.1, 0.15) is 17.5 Å². The monoisotopic (exact) mass is 513 g/mol. The van der Waals surface area contributed by atoms with Crippen LogP contribution in [0.5, 0.6) is 0 Å². The smallest absolute Gasteiger partial charge is 0.271 e. The van der Waals surface area contributed by atoms with Gasteiger partial charge in [-0.25, -0.2) is 8.42 Å². The van der Waals surface area contributed by atoms with E-state index in [1.807, 2.05) is 6.07 Å². The van der Waals surface area contributed by atoms with Gasteiger partial charge in [0.05, 0.1) is 15.5 Å². The molecule has 3 aromatic rings. The van der Waals surface area contributed by atoms with Crippen LogP contribution >= 0.6 is 11.8 Å². The molecular formula is C25H27N3O5S2. The Morgan fingerprint density at radius 2 is 1.77 bits per heavy atom. The standard InChI is InChI=1S/C25H27N3O5S2/c1-20-8-5-9-21(16-20)19-34-15-7-14-26-25(29)18-27(22-10-6-11-23(17-22)28(30)31)35(32,33)24-12-3-2-4-13-24/h2-6,8-13,16-17H,7,14-15,18-19H2,1H3,(H,26,29). The summed E-state index contributed by atoms with van der Waals surface area (Å²) in [6, 6.07) is 21.2. The van der Waals surface area contributed by atoms with Crippen molar-refractivity contribution in [1.82, 2.24) is 5.32 Å². The second-order valence-electron chi connectivity index (χ2n) is 7.85. The SMILES string of the molecule is Cc1cccc(CSCCCNC(=O)CN(c2cccc([N+](=O)[O-])c2)S(=O)(=O)c2ccccc2)c1. The van der Waals surface area contributed by atoms with Crippen LogP contribution in [0, 0.1) is 17.0 Å². The van der Waals surface area contributed by atoms with E-state index in [4.69, 9.17) is 0 Å². The summed E-state index contributed by atoms with van der Waals surface area (Å²) >= 11 is 1.76. The number of rotatable bonds is 12. The molecule has 0 aromatic heterocycles. The third-order valence-electron chi connectivity index (χ3n) is 5.09. The quantitative estimate of drug-likeness (QED) is 0.216. The van der Waals surface area contributed by atoms with Crippen molar-refractivity contribution >= 4 is 39.1 Å². The number of hydrogen-bond acceptors (Lipinski definition) is 6. The highest BCUT2D eigenvalue weighted by molar-refractivity contribution is 7.98. The number of nitrogens with zero attached hydrogens (tertiary/aromatic N) is 2. The topological polar surface area (TPSA) is 110 Å². The number of nitrogens with one attached hydrogen (secondary N) is 1. The van der Waals surface area contributed by atoms with E-state index in [-0.39, 0.29) is 16.3 Å². The predicted octanol–water partition coefficient (Wildman–Crippen LogP) is 4.54. The van der Waals surface area contributed by atoms with Crippen molar-refractivity contribution in [3.05, 3.63) is 100 Å². The third-order valence-corrected chi connectivity index (χ3v) is 7.99. The molecule has 0 unspecified atom stereocenters. The lowest BCUT2D eigenvalue weighted by molar-refractivity contribution is -0.384. The van der Waals surface area contributed by atoms with Crippen LogP contribution in [0.3, 0.4) is 0 Å². The summed E-state index contributed by atoms with van der Waals surface area (Å²) in [5.41, 5.74) is 2.25. The number of sulfonamides is 1. The Bertz CT molecular complexity index is 1270. The molecule has 0 aliphatic rings. The Morgan fingerprint density at radius 1 is 1.03 bits per heavy atom. The summed E-state index contributed by atoms with van der Waals surface area (Å²) in [6.07, 6.45) is 0.727. The maximum Gasteiger partial charge on any atom is 0.271 e. The first-order valence-electron chi connectivity index (χ1n) is 11.0. The maximum atomic E-state index is 13.3. The molecule has 0 aliphatic carbocycles. The van der Waals surface area contributed by atoms with Crippen molar-refractivity contribution in [3.8, 4) is 0 Å². The highest BCUT2D eigenvalue weighted by Gasteiger charge is 2.28. The van der Waals surface area contributed by atoms with Crippen molar-refractivity contribution < 1.29 is 18.1 Å². The first-order valence-corrected chi connectivity index (χ1v) is 13.6. The van der Waals surface area contributed by atoms with Crippen LogP contribution in [0.4, 0.5) is 11.4 Å². The van der Waals surface area contributed by atoms with Gasteiger partial charge < -0.3 is 5.32 Å². The molecule has 0 atom stereocenters. The second kappa shape index (κ2) is 12.4. The Hall–Kier alpha value is -3.37. The van der Waals surface area contributed by atoms with Gasteiger partial charge in [0.1, 0.15) is 6.54 Å². The number of benzene rings is 3. The molecule has 1 N–H and O–H groups in total. The first kappa shape index (κ1) is 26.2. The van der Waals surface area contributed by atoms with Gasteiger partial charge in [0.15, 0.2) is 0 Å². The van der Waals surface area contributed by atoms with Crippen LogP contribution < -0.4 is 9.62 Å². The lowest BCUT2D eigenvalue weighted by Crippen LogP contribution is -2.41. The van der Waals surface area contributed by atoms with Gasteiger partial charge in [-0.05, 0) is 42.9 Å². The number of carbonyl (C=O) groups excluding carboxylic acids is 1. The summed E-state index contributed by atoms with van der Waals surface area (Å²) in [5.74, 6) is 1.23. The highest BCUT2D eigenvalue weighted by atomic mass is 32.2. The fourth-order valence-corrected chi connectivity index (χ4v) is 5.72. The van der Waals surface area contributed by atoms with Crippen LogP contribution in [-0.2, 0) is 20.6 Å². The average Bonchev–Trinajstić information content (AvgIpc) is 2.85. The zero-order chi connectivity index (χ0) is 25.3. The molecule has 0 fully saturated rings. The van der Waals surface area contributed by atoms with E-state index in [2.05, 4.69) is 30.4 Å². The molecule has 0 saturated carbocycles. The van der Waals surface area contributed by atoms with Crippen LogP contribution in [0.25, 0.3) is 0 Å². The molecule has 0 aliphatic heterocycles. The van der Waals surface area contributed by atoms with Crippen molar-refractivity contribution in [1.29, 1.82) is 0 Å². The summed E-state index contributed by atoms with van der Waals surface area (Å²) in [4.78, 5) is 23.3. The molecule has 10 heteroatoms. The van der Waals surface area contributed by atoms with Crippen LogP contribution in [-0.4, -0.2) is 38.1 Å². The number of anilines is 1. The number of nitro benzene ring substituents is 1. The number of aryl methyl sites for hydroxylation is 1. The molecule has 0 radical (unpaired) electrons. The largest absolute Gasteiger partial charge is 0.354 e. The normalized spacial score (nSPS) is 11.1. The number of carbonyl (C=O) groups is 1. The van der Waals surface area contributed by atoms with Gasteiger partial charge in [-0.2, -0.15) is 11.8 Å². The van der Waals surface area contributed by atoms with E-state index in [0.717, 1.165) is 28.3 Å². The molecule has 0 heterocycles. The van der Waals surface area contributed by atoms with E-state index in [0.29, 0.717) is 6.54 Å². The van der Waals surface area contributed by atoms with Gasteiger partial charge in [-0.3, -0.25) is 19.2 Å². The van der Waals surface area contributed by atoms with Gasteiger partial charge in [-0.15, -0.1) is 0 Å². The Kier molecular flexibility index (Phi) is 9.27. The minimum atomic E-state index is -4.12. The Balaban J connectivity index is 1.62. The van der Waals surface area contributed by atoms with Gasteiger partial charge in [0.2, 0.25) is 5.91 Å². The number of nitro groups is 1. The van der Waals surface area contributed by atoms with Crippen molar-refractivity contribution in [2.45, 2.75) is 24.0 Å². The van der Waals surface area contributed by atoms with E-state index in [1.165, 1.54) is 41.5 Å². The fraction of sp³-hybridized carbons (Fsp3) is 0.240. The molecule has 3 rings (SSSR count). The minimum absolute atomic E-state index is 0.00754. The molecule has 0 saturated heterocycles. The molecule has 0 spiro atoms. The van der Waals surface area contributed by atoms with Crippen LogP contribution in [0.2, 0.25) is 0 Å². The summed E-state index contributed by atoms with van der Waals surface area (Å²) in [6.45, 7) is 1.96. The van der Waals surface area contributed by atoms with Crippen molar-refractivity contribution in [2.24, 2.45) is 0 Å². The van der Waals surface area contributed by atoms with Gasteiger partial charge in [0, 0.05) is 24.4 Å². The number of hydrogen-bond donors (Lipinski definition) is 1. The molecule has 3 aromatic carbocycles. The lowest BCUT2D eigenvalue weighted by Gasteiger charge is -2.24. The van der Waals surface area contributed by atoms with Crippen LogP contribution in [0.15, 0.2) is 83.8 Å². The Labute approximate surface area is 209 Å². The minimum Gasteiger partial charge on any atom is -0.354 e. The molecule has 184 valence electrons. The van der Waals surface area contributed by atoms with Gasteiger partial charge in [0.25, 0.3) is 15.7 Å². The van der Waals surface area contributed by atoms with Gasteiger partial charge >= 0.3 is 0 Å². The Morgan fingerprint density at radius 3 is 2.49 bits per heavy atom. The van der Waals surface area contributed by atoms with Crippen molar-refractivity contribution in [3.63, 3.8) is 0 Å². The number of thioether (sulfide) groups is 1. The second-order valence-corrected chi connectivity index (χ2v) is 10.8. The van der Waals surface area contributed by atoms with E-state index < -0.39 is 27.4 Å². The molecule has 0 bridgehead atoms. The fourth-order valence-electron chi connectivity index (χ4n) is 3.38. The molecule has 35 heavy (non-hydrogen) atoms. The van der Waals surface area contributed by atoms with E-state index >= 15 is 0 Å². The number of non-ortho nitro benzene ring substituents is 1. The first-order chi connectivity index (χ1) is 16.8. The predicted molar refractivity (Wildman–Crippen MR) is 139 cm³/mol. The van der Waals surface area contributed by atoms with E-state index in [1.54, 1.807) is 30.0 Å². The highest BCUT2D eigenvalue weighted by Crippen LogP contribution is 2.26. The molecule has 8 nitrogen and oxygen atoms in total. The zero-order valence-corrected chi connectivity index (χ0v) is 20.9.